The highest BCUT2D eigenvalue weighted by Crippen LogP contribution is 2.30. The van der Waals surface area contributed by atoms with Gasteiger partial charge in [-0.1, -0.05) is 35.9 Å². The molecule has 0 aromatic heterocycles. The summed E-state index contributed by atoms with van der Waals surface area (Å²) in [6.07, 6.45) is 1.16. The molecule has 1 aliphatic heterocycles. The molecule has 3 aromatic carbocycles. The first-order valence-electron chi connectivity index (χ1n) is 10.3. The van der Waals surface area contributed by atoms with E-state index >= 15 is 0 Å². The summed E-state index contributed by atoms with van der Waals surface area (Å²) < 4.78 is 11.4. The Labute approximate surface area is 181 Å². The molecule has 1 fully saturated rings. The summed E-state index contributed by atoms with van der Waals surface area (Å²) in [5, 5.41) is 5.72. The summed E-state index contributed by atoms with van der Waals surface area (Å²) >= 11 is 0. The Hall–Kier alpha value is -3.64. The van der Waals surface area contributed by atoms with Gasteiger partial charge in [0.1, 0.15) is 11.9 Å². The molecule has 2 N–H and O–H groups in total. The molecule has 1 atom stereocenters. The maximum Gasteiger partial charge on any atom is 0.255 e. The number of amides is 2. The van der Waals surface area contributed by atoms with Gasteiger partial charge in [0, 0.05) is 17.9 Å². The SMILES string of the molecule is Cc1ccc(Oc2ccccc2NC(=O)c2cccc(NC(=O)[C@@H]3CCCO3)c2)cc1. The van der Waals surface area contributed by atoms with Crippen LogP contribution in [0.25, 0.3) is 0 Å². The summed E-state index contributed by atoms with van der Waals surface area (Å²) in [5.74, 6) is 0.744. The number of carbonyl (C=O) groups excluding carboxylic acids is 2. The standard InChI is InChI=1S/C25H24N2O4/c1-17-11-13-20(14-12-17)31-22-9-3-2-8-21(22)27-24(28)18-6-4-7-19(16-18)26-25(29)23-10-5-15-30-23/h2-4,6-9,11-14,16,23H,5,10,15H2,1H3,(H,26,29)(H,27,28)/t23-/m0/s1. The lowest BCUT2D eigenvalue weighted by atomic mass is 10.1. The highest BCUT2D eigenvalue weighted by atomic mass is 16.5. The van der Waals surface area contributed by atoms with Crippen LogP contribution in [0.4, 0.5) is 11.4 Å². The van der Waals surface area contributed by atoms with Gasteiger partial charge >= 0.3 is 0 Å². The van der Waals surface area contributed by atoms with Gasteiger partial charge in [0.25, 0.3) is 11.8 Å². The monoisotopic (exact) mass is 416 g/mol. The van der Waals surface area contributed by atoms with E-state index in [1.807, 2.05) is 43.3 Å². The van der Waals surface area contributed by atoms with Crippen LogP contribution in [-0.4, -0.2) is 24.5 Å². The Kier molecular flexibility index (Phi) is 6.29. The van der Waals surface area contributed by atoms with E-state index in [1.54, 1.807) is 36.4 Å². The van der Waals surface area contributed by atoms with Crippen LogP contribution >= 0.6 is 0 Å². The molecule has 0 aliphatic carbocycles. The van der Waals surface area contributed by atoms with Crippen LogP contribution in [0.5, 0.6) is 11.5 Å². The van der Waals surface area contributed by atoms with E-state index in [9.17, 15) is 9.59 Å². The van der Waals surface area contributed by atoms with Crippen LogP contribution in [0.3, 0.4) is 0 Å². The van der Waals surface area contributed by atoms with Crippen LogP contribution in [-0.2, 0) is 9.53 Å². The summed E-state index contributed by atoms with van der Waals surface area (Å²) in [4.78, 5) is 25.1. The van der Waals surface area contributed by atoms with Crippen LogP contribution in [0, 0.1) is 6.92 Å². The van der Waals surface area contributed by atoms with Crippen molar-refractivity contribution >= 4 is 23.2 Å². The number of anilines is 2. The molecule has 1 aliphatic rings. The minimum atomic E-state index is -0.428. The molecular weight excluding hydrogens is 392 g/mol. The van der Waals surface area contributed by atoms with E-state index in [0.29, 0.717) is 41.5 Å². The Morgan fingerprint density at radius 2 is 1.77 bits per heavy atom. The molecule has 2 amide bonds. The van der Waals surface area contributed by atoms with Crippen LogP contribution in [0.2, 0.25) is 0 Å². The maximum atomic E-state index is 12.9. The molecule has 1 heterocycles. The van der Waals surface area contributed by atoms with E-state index in [0.717, 1.165) is 12.0 Å². The number of nitrogens with one attached hydrogen (secondary N) is 2. The second-order valence-corrected chi connectivity index (χ2v) is 7.44. The van der Waals surface area contributed by atoms with Gasteiger partial charge in [-0.2, -0.15) is 0 Å². The maximum absolute atomic E-state index is 12.9. The fraction of sp³-hybridized carbons (Fsp3) is 0.200. The number of rotatable bonds is 6. The van der Waals surface area contributed by atoms with Gasteiger partial charge in [-0.15, -0.1) is 0 Å². The minimum Gasteiger partial charge on any atom is -0.455 e. The van der Waals surface area contributed by atoms with Gasteiger partial charge in [-0.25, -0.2) is 0 Å². The van der Waals surface area contributed by atoms with E-state index < -0.39 is 6.10 Å². The van der Waals surface area contributed by atoms with Crippen LogP contribution < -0.4 is 15.4 Å². The topological polar surface area (TPSA) is 76.7 Å². The smallest absolute Gasteiger partial charge is 0.255 e. The number of aryl methyl sites for hydroxylation is 1. The number of para-hydroxylation sites is 2. The summed E-state index contributed by atoms with van der Waals surface area (Å²) in [7, 11) is 0. The largest absolute Gasteiger partial charge is 0.455 e. The van der Waals surface area contributed by atoms with Crippen LogP contribution in [0.1, 0.15) is 28.8 Å². The predicted molar refractivity (Wildman–Crippen MR) is 120 cm³/mol. The van der Waals surface area contributed by atoms with Crippen molar-refractivity contribution in [1.29, 1.82) is 0 Å². The molecule has 0 bridgehead atoms. The van der Waals surface area contributed by atoms with Crippen molar-refractivity contribution in [3.63, 3.8) is 0 Å². The number of carbonyl (C=O) groups is 2. The lowest BCUT2D eigenvalue weighted by Crippen LogP contribution is -2.27. The highest BCUT2D eigenvalue weighted by molar-refractivity contribution is 6.06. The summed E-state index contributed by atoms with van der Waals surface area (Å²) in [6, 6.07) is 21.8. The molecule has 6 heteroatoms. The van der Waals surface area contributed by atoms with Gasteiger partial charge in [-0.3, -0.25) is 9.59 Å². The molecule has 0 spiro atoms. The number of hydrogen-bond donors (Lipinski definition) is 2. The normalized spacial score (nSPS) is 15.3. The fourth-order valence-corrected chi connectivity index (χ4v) is 3.33. The molecule has 0 radical (unpaired) electrons. The molecule has 158 valence electrons. The Balaban J connectivity index is 1.46. The van der Waals surface area contributed by atoms with Crippen molar-refractivity contribution in [2.45, 2.75) is 25.9 Å². The van der Waals surface area contributed by atoms with E-state index in [4.69, 9.17) is 9.47 Å². The van der Waals surface area contributed by atoms with Gasteiger partial charge < -0.3 is 20.1 Å². The second-order valence-electron chi connectivity index (χ2n) is 7.44. The average Bonchev–Trinajstić information content (AvgIpc) is 3.32. The molecule has 1 saturated heterocycles. The second kappa shape index (κ2) is 9.45. The van der Waals surface area contributed by atoms with Crippen molar-refractivity contribution in [1.82, 2.24) is 0 Å². The first-order chi connectivity index (χ1) is 15.1. The summed E-state index contributed by atoms with van der Waals surface area (Å²) in [6.45, 7) is 2.61. The number of benzene rings is 3. The van der Waals surface area contributed by atoms with Crippen molar-refractivity contribution in [3.8, 4) is 11.5 Å². The van der Waals surface area contributed by atoms with Crippen molar-refractivity contribution in [3.05, 3.63) is 83.9 Å². The molecule has 4 rings (SSSR count). The molecule has 6 nitrogen and oxygen atoms in total. The molecular formula is C25H24N2O4. The molecule has 3 aromatic rings. The zero-order valence-corrected chi connectivity index (χ0v) is 17.3. The quantitative estimate of drug-likeness (QED) is 0.582. The number of hydrogen-bond acceptors (Lipinski definition) is 4. The van der Waals surface area contributed by atoms with Gasteiger partial charge in [0.2, 0.25) is 0 Å². The van der Waals surface area contributed by atoms with Crippen LogP contribution in [0.15, 0.2) is 72.8 Å². The third-order valence-electron chi connectivity index (χ3n) is 5.00. The highest BCUT2D eigenvalue weighted by Gasteiger charge is 2.23. The average molecular weight is 416 g/mol. The Morgan fingerprint density at radius 3 is 2.55 bits per heavy atom. The van der Waals surface area contributed by atoms with Gasteiger partial charge in [-0.05, 0) is 62.2 Å². The fourth-order valence-electron chi connectivity index (χ4n) is 3.33. The Morgan fingerprint density at radius 1 is 0.968 bits per heavy atom. The first-order valence-corrected chi connectivity index (χ1v) is 10.3. The van der Waals surface area contributed by atoms with Gasteiger partial charge in [0.15, 0.2) is 5.75 Å². The van der Waals surface area contributed by atoms with E-state index in [-0.39, 0.29) is 11.8 Å². The third kappa shape index (κ3) is 5.29. The lowest BCUT2D eigenvalue weighted by Gasteiger charge is -2.13. The molecule has 0 unspecified atom stereocenters. The van der Waals surface area contributed by atoms with Crippen molar-refractivity contribution < 1.29 is 19.1 Å². The molecule has 0 saturated carbocycles. The minimum absolute atomic E-state index is 0.188. The molecule has 31 heavy (non-hydrogen) atoms. The van der Waals surface area contributed by atoms with Gasteiger partial charge in [0.05, 0.1) is 5.69 Å². The van der Waals surface area contributed by atoms with Crippen molar-refractivity contribution in [2.24, 2.45) is 0 Å². The number of ether oxygens (including phenoxy) is 2. The lowest BCUT2D eigenvalue weighted by molar-refractivity contribution is -0.124. The zero-order chi connectivity index (χ0) is 21.6. The predicted octanol–water partition coefficient (Wildman–Crippen LogP) is 5.16. The van der Waals surface area contributed by atoms with Crippen molar-refractivity contribution in [2.75, 3.05) is 17.2 Å². The zero-order valence-electron chi connectivity index (χ0n) is 17.3. The third-order valence-corrected chi connectivity index (χ3v) is 5.00. The van der Waals surface area contributed by atoms with E-state index in [1.165, 1.54) is 0 Å². The first kappa shape index (κ1) is 20.6. The van der Waals surface area contributed by atoms with E-state index in [2.05, 4.69) is 10.6 Å². The summed E-state index contributed by atoms with van der Waals surface area (Å²) in [5.41, 5.74) is 2.68. The Bertz CT molecular complexity index is 1070.